The Bertz CT molecular complexity index is 116. The van der Waals surface area contributed by atoms with Crippen LogP contribution in [-0.4, -0.2) is 11.0 Å². The number of esters is 1. The molecular weight excluding hydrogens is 124 g/mol. The van der Waals surface area contributed by atoms with Gasteiger partial charge in [-0.15, -0.1) is 0 Å². The van der Waals surface area contributed by atoms with Crippen LogP contribution in [0.1, 0.15) is 19.3 Å². The van der Waals surface area contributed by atoms with Gasteiger partial charge < -0.3 is 4.74 Å². The van der Waals surface area contributed by atoms with Gasteiger partial charge in [0.15, 0.2) is 5.05 Å². The summed E-state index contributed by atoms with van der Waals surface area (Å²) in [6.45, 7) is 0. The van der Waals surface area contributed by atoms with E-state index in [0.29, 0.717) is 11.5 Å². The number of cyclic esters (lactones) is 1. The highest BCUT2D eigenvalue weighted by molar-refractivity contribution is 7.80. The van der Waals surface area contributed by atoms with Crippen molar-refractivity contribution in [2.75, 3.05) is 0 Å². The lowest BCUT2D eigenvalue weighted by Gasteiger charge is -2.09. The Hall–Kier alpha value is -0.440. The van der Waals surface area contributed by atoms with Gasteiger partial charge >= 0.3 is 5.97 Å². The molecule has 0 aromatic rings. The van der Waals surface area contributed by atoms with Crippen LogP contribution >= 0.6 is 12.2 Å². The molecule has 0 spiro atoms. The minimum atomic E-state index is -0.179. The van der Waals surface area contributed by atoms with Crippen molar-refractivity contribution in [1.29, 1.82) is 0 Å². The zero-order chi connectivity index (χ0) is 5.98. The molecule has 0 atom stereocenters. The molecule has 0 saturated carbocycles. The maximum absolute atomic E-state index is 10.4. The van der Waals surface area contributed by atoms with Crippen LogP contribution in [0.2, 0.25) is 0 Å². The summed E-state index contributed by atoms with van der Waals surface area (Å²) in [5, 5.41) is 0.446. The maximum atomic E-state index is 10.4. The fourth-order valence-corrected chi connectivity index (χ4v) is 0.843. The number of hydrogen-bond donors (Lipinski definition) is 0. The molecule has 0 N–H and O–H groups in total. The van der Waals surface area contributed by atoms with E-state index >= 15 is 0 Å². The van der Waals surface area contributed by atoms with Gasteiger partial charge in [-0.05, 0) is 18.6 Å². The highest BCUT2D eigenvalue weighted by Crippen LogP contribution is 2.08. The summed E-state index contributed by atoms with van der Waals surface area (Å²) in [6, 6.07) is 0. The van der Waals surface area contributed by atoms with Gasteiger partial charge in [-0.1, -0.05) is 0 Å². The van der Waals surface area contributed by atoms with Crippen LogP contribution in [0.25, 0.3) is 0 Å². The van der Waals surface area contributed by atoms with E-state index in [2.05, 4.69) is 17.0 Å². The van der Waals surface area contributed by atoms with E-state index in [1.807, 2.05) is 0 Å². The highest BCUT2D eigenvalue weighted by atomic mass is 32.1. The van der Waals surface area contributed by atoms with Gasteiger partial charge in [0.05, 0.1) is 0 Å². The van der Waals surface area contributed by atoms with Crippen molar-refractivity contribution < 1.29 is 9.53 Å². The third-order valence-electron chi connectivity index (χ3n) is 0.989. The number of rotatable bonds is 0. The molecule has 0 bridgehead atoms. The van der Waals surface area contributed by atoms with Crippen LogP contribution < -0.4 is 0 Å². The number of thiocarbonyl (C=S) groups is 1. The standard InChI is InChI=1S/C5H6O2S/c6-4-2-1-3-5(8)7-4/h1-3H2. The molecule has 0 aromatic carbocycles. The van der Waals surface area contributed by atoms with Crippen molar-refractivity contribution >= 4 is 23.2 Å². The van der Waals surface area contributed by atoms with E-state index in [0.717, 1.165) is 12.8 Å². The molecule has 8 heavy (non-hydrogen) atoms. The van der Waals surface area contributed by atoms with E-state index in [1.54, 1.807) is 0 Å². The van der Waals surface area contributed by atoms with E-state index in [-0.39, 0.29) is 5.97 Å². The zero-order valence-corrected chi connectivity index (χ0v) is 5.16. The molecule has 3 heteroatoms. The molecule has 44 valence electrons. The van der Waals surface area contributed by atoms with Gasteiger partial charge in [-0.25, -0.2) is 0 Å². The summed E-state index contributed by atoms with van der Waals surface area (Å²) < 4.78 is 4.58. The van der Waals surface area contributed by atoms with Gasteiger partial charge in [0.25, 0.3) is 0 Å². The zero-order valence-electron chi connectivity index (χ0n) is 4.35. The Morgan fingerprint density at radius 2 is 2.25 bits per heavy atom. The van der Waals surface area contributed by atoms with Crippen LogP contribution in [0.5, 0.6) is 0 Å². The quantitative estimate of drug-likeness (QED) is 0.362. The van der Waals surface area contributed by atoms with Crippen molar-refractivity contribution in [1.82, 2.24) is 0 Å². The first-order chi connectivity index (χ1) is 3.79. The number of ether oxygens (including phenoxy) is 1. The van der Waals surface area contributed by atoms with Crippen LogP contribution in [0, 0.1) is 0 Å². The van der Waals surface area contributed by atoms with E-state index in [9.17, 15) is 4.79 Å². The Morgan fingerprint density at radius 3 is 2.62 bits per heavy atom. The Balaban J connectivity index is 2.45. The molecule has 1 aliphatic heterocycles. The third-order valence-corrected chi connectivity index (χ3v) is 1.28. The second kappa shape index (κ2) is 2.22. The average molecular weight is 130 g/mol. The average Bonchev–Trinajstić information content (AvgIpc) is 1.64. The summed E-state index contributed by atoms with van der Waals surface area (Å²) >= 11 is 4.64. The highest BCUT2D eigenvalue weighted by Gasteiger charge is 2.12. The minimum Gasteiger partial charge on any atom is -0.419 e. The van der Waals surface area contributed by atoms with E-state index < -0.39 is 0 Å². The lowest BCUT2D eigenvalue weighted by molar-refractivity contribution is -0.136. The molecule has 1 heterocycles. The predicted octanol–water partition coefficient (Wildman–Crippen LogP) is 1.04. The first-order valence-corrected chi connectivity index (χ1v) is 2.93. The fraction of sp³-hybridized carbons (Fsp3) is 0.600. The maximum Gasteiger partial charge on any atom is 0.311 e. The molecule has 1 saturated heterocycles. The van der Waals surface area contributed by atoms with Crippen LogP contribution in [0.15, 0.2) is 0 Å². The summed E-state index contributed by atoms with van der Waals surface area (Å²) in [5.74, 6) is -0.179. The second-order valence-electron chi connectivity index (χ2n) is 1.70. The van der Waals surface area contributed by atoms with Crippen LogP contribution in [0.4, 0.5) is 0 Å². The predicted molar refractivity (Wildman–Crippen MR) is 32.5 cm³/mol. The largest absolute Gasteiger partial charge is 0.419 e. The summed E-state index contributed by atoms with van der Waals surface area (Å²) in [7, 11) is 0. The number of hydrogen-bond acceptors (Lipinski definition) is 3. The van der Waals surface area contributed by atoms with Crippen molar-refractivity contribution in [2.24, 2.45) is 0 Å². The lowest BCUT2D eigenvalue weighted by atomic mass is 10.2. The molecule has 1 fully saturated rings. The topological polar surface area (TPSA) is 26.3 Å². The van der Waals surface area contributed by atoms with Gasteiger partial charge in [-0.3, -0.25) is 4.79 Å². The second-order valence-corrected chi connectivity index (χ2v) is 2.15. The molecule has 0 radical (unpaired) electrons. The third kappa shape index (κ3) is 1.26. The summed E-state index contributed by atoms with van der Waals surface area (Å²) in [4.78, 5) is 10.4. The molecule has 0 aromatic heterocycles. The smallest absolute Gasteiger partial charge is 0.311 e. The fourth-order valence-electron chi connectivity index (χ4n) is 0.606. The van der Waals surface area contributed by atoms with E-state index in [1.165, 1.54) is 0 Å². The van der Waals surface area contributed by atoms with Gasteiger partial charge in [0.1, 0.15) is 0 Å². The molecule has 0 aliphatic carbocycles. The first kappa shape index (κ1) is 5.69. The van der Waals surface area contributed by atoms with Crippen molar-refractivity contribution in [3.05, 3.63) is 0 Å². The molecule has 0 unspecified atom stereocenters. The minimum absolute atomic E-state index is 0.179. The molecular formula is C5H6O2S. The first-order valence-electron chi connectivity index (χ1n) is 2.52. The molecule has 2 nitrogen and oxygen atoms in total. The van der Waals surface area contributed by atoms with Crippen molar-refractivity contribution in [3.63, 3.8) is 0 Å². The summed E-state index contributed by atoms with van der Waals surface area (Å²) in [5.41, 5.74) is 0. The SMILES string of the molecule is O=C1CCCC(=S)O1. The summed E-state index contributed by atoms with van der Waals surface area (Å²) in [6.07, 6.45) is 2.15. The molecule has 1 rings (SSSR count). The van der Waals surface area contributed by atoms with Crippen LogP contribution in [0.3, 0.4) is 0 Å². The normalized spacial score (nSPS) is 20.5. The van der Waals surface area contributed by atoms with Crippen molar-refractivity contribution in [2.45, 2.75) is 19.3 Å². The van der Waals surface area contributed by atoms with Crippen LogP contribution in [-0.2, 0) is 9.53 Å². The molecule has 1 aliphatic rings. The number of carbonyl (C=O) groups excluding carboxylic acids is 1. The Morgan fingerprint density at radius 1 is 1.50 bits per heavy atom. The molecule has 0 amide bonds. The number of carbonyl (C=O) groups is 1. The van der Waals surface area contributed by atoms with Crippen molar-refractivity contribution in [3.8, 4) is 0 Å². The van der Waals surface area contributed by atoms with Gasteiger partial charge in [-0.2, -0.15) is 0 Å². The van der Waals surface area contributed by atoms with E-state index in [4.69, 9.17) is 0 Å². The monoisotopic (exact) mass is 130 g/mol. The van der Waals surface area contributed by atoms with Gasteiger partial charge in [0, 0.05) is 12.8 Å². The Kier molecular flexibility index (Phi) is 1.58. The lowest BCUT2D eigenvalue weighted by Crippen LogP contribution is -2.15. The van der Waals surface area contributed by atoms with Gasteiger partial charge in [0.2, 0.25) is 0 Å². The Labute approximate surface area is 52.8 Å².